The van der Waals surface area contributed by atoms with Gasteiger partial charge in [-0.15, -0.1) is 0 Å². The number of carbonyl (C=O) groups is 2. The molecule has 2 aliphatic carbocycles. The van der Waals surface area contributed by atoms with E-state index in [1.165, 1.54) is 0 Å². The highest BCUT2D eigenvalue weighted by Gasteiger charge is 2.51. The molecule has 2 aromatic rings. The van der Waals surface area contributed by atoms with Gasteiger partial charge in [-0.1, -0.05) is 30.3 Å². The lowest BCUT2D eigenvalue weighted by molar-refractivity contribution is -0.314. The SMILES string of the molecule is O=C([O-])[C@H]1[C@H]2CC[C@@H](C2)[C@@H]1C(=O)Nc1ccc2ccccc2c1. The Morgan fingerprint density at radius 1 is 0.957 bits per heavy atom. The van der Waals surface area contributed by atoms with Crippen LogP contribution in [0.15, 0.2) is 42.5 Å². The Hall–Kier alpha value is -2.36. The fraction of sp³-hybridized carbons (Fsp3) is 0.368. The number of hydrogen-bond acceptors (Lipinski definition) is 3. The molecule has 1 N–H and O–H groups in total. The van der Waals surface area contributed by atoms with Crippen LogP contribution in [0, 0.1) is 23.7 Å². The number of amides is 1. The minimum atomic E-state index is -1.07. The third-order valence-corrected chi connectivity index (χ3v) is 5.51. The van der Waals surface area contributed by atoms with Crippen molar-refractivity contribution in [2.75, 3.05) is 5.32 Å². The second-order valence-corrected chi connectivity index (χ2v) is 6.75. The fourth-order valence-corrected chi connectivity index (χ4v) is 4.50. The summed E-state index contributed by atoms with van der Waals surface area (Å²) in [6, 6.07) is 13.7. The van der Waals surface area contributed by atoms with Gasteiger partial charge in [-0.05, 0) is 54.0 Å². The summed E-state index contributed by atoms with van der Waals surface area (Å²) in [7, 11) is 0. The van der Waals surface area contributed by atoms with Gasteiger partial charge in [-0.25, -0.2) is 0 Å². The normalized spacial score (nSPS) is 28.9. The number of carboxylic acids is 1. The van der Waals surface area contributed by atoms with Crippen LogP contribution in [0.3, 0.4) is 0 Å². The van der Waals surface area contributed by atoms with Crippen LogP contribution in [-0.2, 0) is 9.59 Å². The zero-order valence-electron chi connectivity index (χ0n) is 12.7. The summed E-state index contributed by atoms with van der Waals surface area (Å²) >= 11 is 0. The topological polar surface area (TPSA) is 69.2 Å². The van der Waals surface area contributed by atoms with Gasteiger partial charge in [0.2, 0.25) is 5.91 Å². The predicted molar refractivity (Wildman–Crippen MR) is 85.4 cm³/mol. The van der Waals surface area contributed by atoms with E-state index in [2.05, 4.69) is 5.32 Å². The number of anilines is 1. The monoisotopic (exact) mass is 308 g/mol. The van der Waals surface area contributed by atoms with Crippen molar-refractivity contribution < 1.29 is 14.7 Å². The van der Waals surface area contributed by atoms with Crippen LogP contribution < -0.4 is 10.4 Å². The lowest BCUT2D eigenvalue weighted by Crippen LogP contribution is -2.43. The van der Waals surface area contributed by atoms with E-state index in [1.54, 1.807) is 0 Å². The lowest BCUT2D eigenvalue weighted by atomic mass is 9.78. The number of carboxylic acid groups (broad SMARTS) is 1. The first kappa shape index (κ1) is 14.2. The average Bonchev–Trinajstić information content (AvgIpc) is 3.15. The molecule has 4 nitrogen and oxygen atoms in total. The maximum atomic E-state index is 12.7. The van der Waals surface area contributed by atoms with E-state index < -0.39 is 17.8 Å². The van der Waals surface area contributed by atoms with Crippen LogP contribution in [0.2, 0.25) is 0 Å². The number of carbonyl (C=O) groups excluding carboxylic acids is 2. The summed E-state index contributed by atoms with van der Waals surface area (Å²) in [5.74, 6) is -2.04. The van der Waals surface area contributed by atoms with Gasteiger partial charge in [0.1, 0.15) is 0 Å². The highest BCUT2D eigenvalue weighted by atomic mass is 16.4. The molecule has 0 aromatic heterocycles. The van der Waals surface area contributed by atoms with Crippen molar-refractivity contribution in [3.63, 3.8) is 0 Å². The van der Waals surface area contributed by atoms with Gasteiger partial charge in [0.15, 0.2) is 0 Å². The van der Waals surface area contributed by atoms with Gasteiger partial charge in [-0.2, -0.15) is 0 Å². The Morgan fingerprint density at radius 3 is 2.39 bits per heavy atom. The Balaban J connectivity index is 1.57. The minimum Gasteiger partial charge on any atom is -0.550 e. The van der Waals surface area contributed by atoms with Crippen molar-refractivity contribution >= 4 is 28.3 Å². The second-order valence-electron chi connectivity index (χ2n) is 6.75. The predicted octanol–water partition coefficient (Wildman–Crippen LogP) is 2.19. The summed E-state index contributed by atoms with van der Waals surface area (Å²) in [5.41, 5.74) is 0.716. The van der Waals surface area contributed by atoms with Crippen molar-refractivity contribution in [3.8, 4) is 0 Å². The van der Waals surface area contributed by atoms with Gasteiger partial charge in [0.25, 0.3) is 0 Å². The van der Waals surface area contributed by atoms with Crippen LogP contribution in [0.25, 0.3) is 10.8 Å². The van der Waals surface area contributed by atoms with Gasteiger partial charge < -0.3 is 15.2 Å². The van der Waals surface area contributed by atoms with Crippen LogP contribution in [-0.4, -0.2) is 11.9 Å². The molecule has 0 heterocycles. The number of fused-ring (bicyclic) bond motifs is 3. The van der Waals surface area contributed by atoms with Crippen LogP contribution in [0.1, 0.15) is 19.3 Å². The Bertz CT molecular complexity index is 785. The molecular formula is C19H18NO3-. The molecule has 2 saturated carbocycles. The highest BCUT2D eigenvalue weighted by molar-refractivity contribution is 5.97. The molecule has 0 unspecified atom stereocenters. The van der Waals surface area contributed by atoms with Gasteiger partial charge in [0, 0.05) is 23.5 Å². The molecule has 0 radical (unpaired) electrons. The van der Waals surface area contributed by atoms with Crippen molar-refractivity contribution in [3.05, 3.63) is 42.5 Å². The van der Waals surface area contributed by atoms with E-state index in [9.17, 15) is 14.7 Å². The van der Waals surface area contributed by atoms with E-state index in [0.717, 1.165) is 30.0 Å². The Kier molecular flexibility index (Phi) is 3.33. The first-order chi connectivity index (χ1) is 11.1. The smallest absolute Gasteiger partial charge is 0.228 e. The van der Waals surface area contributed by atoms with E-state index in [0.29, 0.717) is 5.69 Å². The lowest BCUT2D eigenvalue weighted by Gasteiger charge is -2.30. The summed E-state index contributed by atoms with van der Waals surface area (Å²) < 4.78 is 0. The Morgan fingerprint density at radius 2 is 1.65 bits per heavy atom. The van der Waals surface area contributed by atoms with E-state index in [1.807, 2.05) is 42.5 Å². The molecule has 2 aliphatic rings. The minimum absolute atomic E-state index is 0.109. The van der Waals surface area contributed by atoms with E-state index >= 15 is 0 Å². The third-order valence-electron chi connectivity index (χ3n) is 5.51. The van der Waals surface area contributed by atoms with Crippen LogP contribution in [0.5, 0.6) is 0 Å². The van der Waals surface area contributed by atoms with Crippen molar-refractivity contribution in [2.24, 2.45) is 23.7 Å². The molecule has 1 amide bonds. The van der Waals surface area contributed by atoms with Gasteiger partial charge >= 0.3 is 0 Å². The van der Waals surface area contributed by atoms with Crippen LogP contribution >= 0.6 is 0 Å². The van der Waals surface area contributed by atoms with E-state index in [4.69, 9.17) is 0 Å². The molecule has 2 aromatic carbocycles. The summed E-state index contributed by atoms with van der Waals surface area (Å²) in [6.45, 7) is 0. The van der Waals surface area contributed by atoms with Crippen molar-refractivity contribution in [2.45, 2.75) is 19.3 Å². The largest absolute Gasteiger partial charge is 0.550 e. The molecule has 0 aliphatic heterocycles. The molecule has 0 spiro atoms. The zero-order valence-corrected chi connectivity index (χ0v) is 12.7. The Labute approximate surface area is 134 Å². The van der Waals surface area contributed by atoms with Gasteiger partial charge in [0.05, 0.1) is 0 Å². The molecule has 4 atom stereocenters. The second kappa shape index (κ2) is 5.37. The molecule has 2 bridgehead atoms. The summed E-state index contributed by atoms with van der Waals surface area (Å²) in [5, 5.41) is 16.5. The molecule has 2 fully saturated rings. The molecule has 118 valence electrons. The van der Waals surface area contributed by atoms with Crippen molar-refractivity contribution in [1.82, 2.24) is 0 Å². The van der Waals surface area contributed by atoms with Crippen LogP contribution in [0.4, 0.5) is 5.69 Å². The number of aliphatic carboxylic acids is 1. The number of rotatable bonds is 3. The zero-order chi connectivity index (χ0) is 16.0. The van der Waals surface area contributed by atoms with E-state index in [-0.39, 0.29) is 17.7 Å². The molecule has 0 saturated heterocycles. The maximum absolute atomic E-state index is 12.7. The molecule has 4 heteroatoms. The maximum Gasteiger partial charge on any atom is 0.228 e. The summed E-state index contributed by atoms with van der Waals surface area (Å²) in [4.78, 5) is 24.1. The number of hydrogen-bond donors (Lipinski definition) is 1. The van der Waals surface area contributed by atoms with Crippen molar-refractivity contribution in [1.29, 1.82) is 0 Å². The average molecular weight is 308 g/mol. The highest BCUT2D eigenvalue weighted by Crippen LogP contribution is 2.52. The van der Waals surface area contributed by atoms with Gasteiger partial charge in [-0.3, -0.25) is 4.79 Å². The first-order valence-electron chi connectivity index (χ1n) is 8.14. The standard InChI is InChI=1S/C19H19NO3/c21-18(16-13-5-6-14(9-13)17(16)19(22)23)20-15-8-7-11-3-1-2-4-12(11)10-15/h1-4,7-8,10,13-14,16-17H,5-6,9H2,(H,20,21)(H,22,23)/p-1/t13-,14-,16-,17-/m0/s1. The third kappa shape index (κ3) is 2.38. The molecule has 4 rings (SSSR count). The summed E-state index contributed by atoms with van der Waals surface area (Å²) in [6.07, 6.45) is 2.70. The fourth-order valence-electron chi connectivity index (χ4n) is 4.50. The molecule has 23 heavy (non-hydrogen) atoms. The first-order valence-corrected chi connectivity index (χ1v) is 8.14. The number of benzene rings is 2. The quantitative estimate of drug-likeness (QED) is 0.945. The molecular weight excluding hydrogens is 290 g/mol. The number of nitrogens with one attached hydrogen (secondary N) is 1.